The molecule has 0 aliphatic carbocycles. The molecule has 1 fully saturated rings. The Labute approximate surface area is 125 Å². The summed E-state index contributed by atoms with van der Waals surface area (Å²) in [5.74, 6) is 0.127. The largest absolute Gasteiger partial charge is 0.381 e. The summed E-state index contributed by atoms with van der Waals surface area (Å²) < 4.78 is 33.2. The van der Waals surface area contributed by atoms with Crippen molar-refractivity contribution in [1.82, 2.24) is 9.71 Å². The lowest BCUT2D eigenvalue weighted by Gasteiger charge is -2.29. The average molecular weight is 370 g/mol. The molecule has 0 bridgehead atoms. The summed E-state index contributed by atoms with van der Waals surface area (Å²) in [5.41, 5.74) is 0. The van der Waals surface area contributed by atoms with E-state index in [1.165, 1.54) is 12.3 Å². The first-order chi connectivity index (χ1) is 8.90. The molecule has 2 unspecified atom stereocenters. The number of nitrogens with zero attached hydrogens (tertiary/aromatic N) is 1. The van der Waals surface area contributed by atoms with Gasteiger partial charge in [-0.15, -0.1) is 0 Å². The number of rotatable bonds is 3. The van der Waals surface area contributed by atoms with Gasteiger partial charge in [-0.2, -0.15) is 0 Å². The average Bonchev–Trinajstić information content (AvgIpc) is 2.35. The Balaban J connectivity index is 2.24. The van der Waals surface area contributed by atoms with Crippen LogP contribution in [0.1, 0.15) is 13.3 Å². The topological polar surface area (TPSA) is 68.3 Å². The number of nitrogens with one attached hydrogen (secondary N) is 1. The van der Waals surface area contributed by atoms with Crippen LogP contribution in [0.4, 0.5) is 0 Å². The lowest BCUT2D eigenvalue weighted by molar-refractivity contribution is 0.0450. The highest BCUT2D eigenvalue weighted by molar-refractivity contribution is 9.10. The third-order valence-corrected chi connectivity index (χ3v) is 5.36. The Hall–Kier alpha value is -0.210. The molecule has 106 valence electrons. The Bertz CT molecular complexity index is 567. The minimum Gasteiger partial charge on any atom is -0.381 e. The Morgan fingerprint density at radius 2 is 2.32 bits per heavy atom. The monoisotopic (exact) mass is 368 g/mol. The van der Waals surface area contributed by atoms with Gasteiger partial charge < -0.3 is 4.74 Å². The van der Waals surface area contributed by atoms with Crippen LogP contribution < -0.4 is 4.72 Å². The second-order valence-electron chi connectivity index (χ2n) is 4.51. The van der Waals surface area contributed by atoms with E-state index in [0.29, 0.717) is 24.1 Å². The van der Waals surface area contributed by atoms with E-state index in [4.69, 9.17) is 16.3 Å². The van der Waals surface area contributed by atoms with E-state index in [1.807, 2.05) is 6.92 Å². The second-order valence-corrected chi connectivity index (χ2v) is 7.47. The molecule has 1 aromatic rings. The third kappa shape index (κ3) is 3.66. The lowest BCUT2D eigenvalue weighted by Crippen LogP contribution is -2.44. The molecule has 2 rings (SSSR count). The van der Waals surface area contributed by atoms with Gasteiger partial charge in [0.1, 0.15) is 10.0 Å². The van der Waals surface area contributed by atoms with E-state index < -0.39 is 10.0 Å². The van der Waals surface area contributed by atoms with Crippen LogP contribution in [-0.2, 0) is 14.8 Å². The summed E-state index contributed by atoms with van der Waals surface area (Å²) in [6.45, 7) is 3.06. The molecular formula is C11H14BrClN2O3S. The predicted molar refractivity (Wildman–Crippen MR) is 75.7 cm³/mol. The van der Waals surface area contributed by atoms with Gasteiger partial charge in [0.2, 0.25) is 10.0 Å². The van der Waals surface area contributed by atoms with Gasteiger partial charge in [0.05, 0.1) is 6.61 Å². The van der Waals surface area contributed by atoms with Crippen molar-refractivity contribution in [2.24, 2.45) is 5.92 Å². The van der Waals surface area contributed by atoms with Crippen LogP contribution in [0.2, 0.25) is 5.15 Å². The maximum atomic E-state index is 12.3. The van der Waals surface area contributed by atoms with E-state index in [0.717, 1.165) is 0 Å². The first-order valence-corrected chi connectivity index (χ1v) is 8.46. The Morgan fingerprint density at radius 3 is 3.00 bits per heavy atom. The van der Waals surface area contributed by atoms with Crippen LogP contribution in [0.5, 0.6) is 0 Å². The van der Waals surface area contributed by atoms with Crippen molar-refractivity contribution >= 4 is 37.6 Å². The number of halogens is 2. The van der Waals surface area contributed by atoms with Crippen molar-refractivity contribution in [2.75, 3.05) is 13.2 Å². The molecule has 1 N–H and O–H groups in total. The zero-order chi connectivity index (χ0) is 14.0. The first-order valence-electron chi connectivity index (χ1n) is 5.81. The fourth-order valence-electron chi connectivity index (χ4n) is 1.91. The molecule has 0 spiro atoms. The zero-order valence-corrected chi connectivity index (χ0v) is 13.4. The Morgan fingerprint density at radius 1 is 1.58 bits per heavy atom. The first kappa shape index (κ1) is 15.2. The second kappa shape index (κ2) is 6.05. The minimum absolute atomic E-state index is 0.0118. The molecule has 1 aliphatic heterocycles. The predicted octanol–water partition coefficient (Wildman–Crippen LogP) is 2.20. The van der Waals surface area contributed by atoms with E-state index in [2.05, 4.69) is 25.6 Å². The molecule has 1 aromatic heterocycles. The van der Waals surface area contributed by atoms with Gasteiger partial charge in [-0.3, -0.25) is 0 Å². The van der Waals surface area contributed by atoms with Crippen molar-refractivity contribution in [3.05, 3.63) is 21.9 Å². The van der Waals surface area contributed by atoms with Crippen LogP contribution in [0.25, 0.3) is 0 Å². The van der Waals surface area contributed by atoms with E-state index in [-0.39, 0.29) is 22.0 Å². The van der Waals surface area contributed by atoms with Gasteiger partial charge in [0.15, 0.2) is 0 Å². The number of sulfonamides is 1. The smallest absolute Gasteiger partial charge is 0.243 e. The quantitative estimate of drug-likeness (QED) is 0.829. The summed E-state index contributed by atoms with van der Waals surface area (Å²) >= 11 is 9.05. The highest BCUT2D eigenvalue weighted by Gasteiger charge is 2.28. The standard InChI is InChI=1S/C11H14BrClN2O3S/c1-7-6-18-3-2-9(7)15-19(16,17)10-4-8(12)5-14-11(10)13/h4-5,7,9,15H,2-3,6H2,1H3. The molecule has 1 saturated heterocycles. The number of pyridine rings is 1. The molecule has 19 heavy (non-hydrogen) atoms. The van der Waals surface area contributed by atoms with Crippen molar-refractivity contribution in [3.8, 4) is 0 Å². The summed E-state index contributed by atoms with van der Waals surface area (Å²) in [5, 5.41) is -0.0320. The SMILES string of the molecule is CC1COCCC1NS(=O)(=O)c1cc(Br)cnc1Cl. The lowest BCUT2D eigenvalue weighted by atomic mass is 9.99. The number of ether oxygens (including phenoxy) is 1. The van der Waals surface area contributed by atoms with Gasteiger partial charge in [0.25, 0.3) is 0 Å². The van der Waals surface area contributed by atoms with Gasteiger partial charge in [-0.25, -0.2) is 18.1 Å². The molecule has 0 radical (unpaired) electrons. The van der Waals surface area contributed by atoms with Crippen LogP contribution >= 0.6 is 27.5 Å². The molecule has 1 aliphatic rings. The van der Waals surface area contributed by atoms with E-state index in [9.17, 15) is 8.42 Å². The normalized spacial score (nSPS) is 24.4. The Kier molecular flexibility index (Phi) is 4.84. The van der Waals surface area contributed by atoms with Gasteiger partial charge in [-0.05, 0) is 34.3 Å². The van der Waals surface area contributed by atoms with E-state index >= 15 is 0 Å². The van der Waals surface area contributed by atoms with Crippen LogP contribution in [-0.4, -0.2) is 32.7 Å². The number of hydrogen-bond acceptors (Lipinski definition) is 4. The molecule has 5 nitrogen and oxygen atoms in total. The highest BCUT2D eigenvalue weighted by atomic mass is 79.9. The molecule has 2 heterocycles. The molecule has 0 amide bonds. The fourth-order valence-corrected chi connectivity index (χ4v) is 4.23. The maximum Gasteiger partial charge on any atom is 0.243 e. The van der Waals surface area contributed by atoms with Crippen molar-refractivity contribution in [3.63, 3.8) is 0 Å². The van der Waals surface area contributed by atoms with Crippen molar-refractivity contribution in [2.45, 2.75) is 24.3 Å². The summed E-state index contributed by atoms with van der Waals surface area (Å²) in [6, 6.07) is 1.30. The van der Waals surface area contributed by atoms with Gasteiger partial charge in [-0.1, -0.05) is 18.5 Å². The molecule has 2 atom stereocenters. The number of hydrogen-bond donors (Lipinski definition) is 1. The highest BCUT2D eigenvalue weighted by Crippen LogP contribution is 2.24. The van der Waals surface area contributed by atoms with Crippen molar-refractivity contribution < 1.29 is 13.2 Å². The van der Waals surface area contributed by atoms with Gasteiger partial charge >= 0.3 is 0 Å². The third-order valence-electron chi connectivity index (χ3n) is 3.01. The summed E-state index contributed by atoms with van der Waals surface area (Å²) in [4.78, 5) is 3.82. The zero-order valence-electron chi connectivity index (χ0n) is 10.3. The van der Waals surface area contributed by atoms with E-state index in [1.54, 1.807) is 0 Å². The van der Waals surface area contributed by atoms with Crippen LogP contribution in [0.15, 0.2) is 21.6 Å². The molecule has 0 aromatic carbocycles. The summed E-state index contributed by atoms with van der Waals surface area (Å²) in [6.07, 6.45) is 2.11. The molecule has 8 heteroatoms. The minimum atomic E-state index is -3.68. The number of aromatic nitrogens is 1. The van der Waals surface area contributed by atoms with Crippen LogP contribution in [0, 0.1) is 5.92 Å². The fraction of sp³-hybridized carbons (Fsp3) is 0.545. The molecule has 0 saturated carbocycles. The molecular weight excluding hydrogens is 356 g/mol. The maximum absolute atomic E-state index is 12.3. The van der Waals surface area contributed by atoms with Crippen molar-refractivity contribution in [1.29, 1.82) is 0 Å². The van der Waals surface area contributed by atoms with Gasteiger partial charge in [0, 0.05) is 23.3 Å². The summed E-state index contributed by atoms with van der Waals surface area (Å²) in [7, 11) is -3.68. The van der Waals surface area contributed by atoms with Crippen LogP contribution in [0.3, 0.4) is 0 Å².